The molecule has 2 heteroatoms. The zero-order valence-electron chi connectivity index (χ0n) is 13.0. The van der Waals surface area contributed by atoms with Crippen LogP contribution in [-0.2, 0) is 9.53 Å². The van der Waals surface area contributed by atoms with Gasteiger partial charge in [-0.1, -0.05) is 25.5 Å². The zero-order valence-corrected chi connectivity index (χ0v) is 13.0. The third kappa shape index (κ3) is 8.24. The Morgan fingerprint density at radius 3 is 2.11 bits per heavy atom. The maximum Gasteiger partial charge on any atom is 0.178 e. The highest BCUT2D eigenvalue weighted by Gasteiger charge is 2.22. The number of methoxy groups -OCH3 is 1. The lowest BCUT2D eigenvalue weighted by Crippen LogP contribution is -2.25. The van der Waals surface area contributed by atoms with Crippen LogP contribution < -0.4 is 0 Å². The lowest BCUT2D eigenvalue weighted by Gasteiger charge is -2.28. The molecule has 2 nitrogen and oxygen atoms in total. The van der Waals surface area contributed by atoms with Crippen LogP contribution in [0.5, 0.6) is 0 Å². The van der Waals surface area contributed by atoms with Crippen LogP contribution in [0.2, 0.25) is 0 Å². The molecule has 0 bridgehead atoms. The van der Waals surface area contributed by atoms with Crippen molar-refractivity contribution in [3.8, 4) is 0 Å². The minimum absolute atomic E-state index is 0.0148. The van der Waals surface area contributed by atoms with Gasteiger partial charge in [-0.25, -0.2) is 0 Å². The van der Waals surface area contributed by atoms with Gasteiger partial charge in [0.1, 0.15) is 0 Å². The van der Waals surface area contributed by atoms with Gasteiger partial charge in [0.2, 0.25) is 0 Å². The number of ketones is 1. The minimum Gasteiger partial charge on any atom is -0.379 e. The van der Waals surface area contributed by atoms with Crippen LogP contribution in [0.4, 0.5) is 0 Å². The van der Waals surface area contributed by atoms with E-state index in [1.165, 1.54) is 0 Å². The van der Waals surface area contributed by atoms with E-state index in [-0.39, 0.29) is 16.8 Å². The molecule has 0 unspecified atom stereocenters. The highest BCUT2D eigenvalue weighted by Crippen LogP contribution is 2.29. The number of carbonyl (C=O) groups is 1. The van der Waals surface area contributed by atoms with Crippen LogP contribution in [0.15, 0.2) is 23.8 Å². The van der Waals surface area contributed by atoms with Crippen LogP contribution in [0.25, 0.3) is 0 Å². The van der Waals surface area contributed by atoms with E-state index in [9.17, 15) is 4.79 Å². The fourth-order valence-electron chi connectivity index (χ4n) is 1.45. The molecule has 0 heterocycles. The molecule has 0 saturated carbocycles. The highest BCUT2D eigenvalue weighted by molar-refractivity contribution is 5.99. The van der Waals surface area contributed by atoms with E-state index in [0.717, 1.165) is 18.4 Å². The first-order valence-electron chi connectivity index (χ1n) is 6.51. The molecular weight excluding hydrogens is 224 g/mol. The molecule has 0 saturated heterocycles. The number of ether oxygens (including phenoxy) is 1. The molecule has 0 N–H and O–H groups in total. The molecule has 0 amide bonds. The summed E-state index contributed by atoms with van der Waals surface area (Å²) in [6, 6.07) is 0. The SMILES string of the molecule is COC(C)(C)CCC(C)(C)/C=C/C(=O)C=C(C)C. The van der Waals surface area contributed by atoms with Crippen LogP contribution >= 0.6 is 0 Å². The summed E-state index contributed by atoms with van der Waals surface area (Å²) in [5, 5.41) is 0. The summed E-state index contributed by atoms with van der Waals surface area (Å²) in [4.78, 5) is 11.6. The molecule has 0 spiro atoms. The first kappa shape index (κ1) is 17.1. The highest BCUT2D eigenvalue weighted by atomic mass is 16.5. The van der Waals surface area contributed by atoms with Crippen molar-refractivity contribution in [3.63, 3.8) is 0 Å². The normalized spacial score (nSPS) is 12.8. The average Bonchev–Trinajstić information content (AvgIpc) is 2.24. The van der Waals surface area contributed by atoms with Crippen molar-refractivity contribution in [1.29, 1.82) is 0 Å². The Labute approximate surface area is 112 Å². The predicted octanol–water partition coefficient (Wildman–Crippen LogP) is 4.31. The van der Waals surface area contributed by atoms with E-state index in [1.807, 2.05) is 19.9 Å². The van der Waals surface area contributed by atoms with E-state index < -0.39 is 0 Å². The molecule has 0 aliphatic rings. The van der Waals surface area contributed by atoms with Gasteiger partial charge in [0.05, 0.1) is 5.60 Å². The Balaban J connectivity index is 4.44. The summed E-state index contributed by atoms with van der Waals surface area (Å²) < 4.78 is 5.41. The molecule has 0 aromatic heterocycles. The van der Waals surface area contributed by atoms with Crippen LogP contribution in [-0.4, -0.2) is 18.5 Å². The van der Waals surface area contributed by atoms with E-state index in [2.05, 4.69) is 27.7 Å². The fraction of sp³-hybridized carbons (Fsp3) is 0.688. The monoisotopic (exact) mass is 252 g/mol. The van der Waals surface area contributed by atoms with E-state index >= 15 is 0 Å². The number of hydrogen-bond donors (Lipinski definition) is 0. The first-order valence-corrected chi connectivity index (χ1v) is 6.51. The van der Waals surface area contributed by atoms with Crippen molar-refractivity contribution in [3.05, 3.63) is 23.8 Å². The van der Waals surface area contributed by atoms with Gasteiger partial charge in [-0.15, -0.1) is 0 Å². The van der Waals surface area contributed by atoms with E-state index in [0.29, 0.717) is 0 Å². The molecule has 0 aliphatic heterocycles. The Bertz CT molecular complexity index is 329. The number of hydrogen-bond acceptors (Lipinski definition) is 2. The van der Waals surface area contributed by atoms with Crippen LogP contribution in [0.3, 0.4) is 0 Å². The van der Waals surface area contributed by atoms with E-state index in [4.69, 9.17) is 4.74 Å². The molecule has 0 aromatic carbocycles. The standard InChI is InChI=1S/C16H28O2/c1-13(2)12-14(17)8-9-15(3,4)10-11-16(5,6)18-7/h8-9,12H,10-11H2,1-7H3/b9-8+. The topological polar surface area (TPSA) is 26.3 Å². The quantitative estimate of drug-likeness (QED) is 0.631. The summed E-state index contributed by atoms with van der Waals surface area (Å²) in [6.45, 7) is 12.3. The summed E-state index contributed by atoms with van der Waals surface area (Å²) in [5.74, 6) is 0.0640. The second-order valence-corrected chi connectivity index (χ2v) is 6.41. The maximum absolute atomic E-state index is 11.6. The minimum atomic E-state index is -0.102. The number of rotatable bonds is 7. The Morgan fingerprint density at radius 1 is 1.11 bits per heavy atom. The molecule has 0 atom stereocenters. The molecular formula is C16H28O2. The third-order valence-corrected chi connectivity index (χ3v) is 3.05. The maximum atomic E-state index is 11.6. The van der Waals surface area contributed by atoms with Crippen molar-refractivity contribution in [2.75, 3.05) is 7.11 Å². The molecule has 18 heavy (non-hydrogen) atoms. The van der Waals surface area contributed by atoms with Gasteiger partial charge in [-0.3, -0.25) is 4.79 Å². The first-order chi connectivity index (χ1) is 8.08. The van der Waals surface area contributed by atoms with Crippen LogP contribution in [0.1, 0.15) is 54.4 Å². The molecule has 0 radical (unpaired) electrons. The third-order valence-electron chi connectivity index (χ3n) is 3.05. The number of allylic oxidation sites excluding steroid dienone is 4. The summed E-state index contributed by atoms with van der Waals surface area (Å²) in [7, 11) is 1.74. The van der Waals surface area contributed by atoms with Crippen molar-refractivity contribution >= 4 is 5.78 Å². The van der Waals surface area contributed by atoms with Gasteiger partial charge in [0.25, 0.3) is 0 Å². The second-order valence-electron chi connectivity index (χ2n) is 6.41. The zero-order chi connectivity index (χ0) is 14.4. The van der Waals surface area contributed by atoms with Gasteiger partial charge >= 0.3 is 0 Å². The molecule has 0 rings (SSSR count). The lowest BCUT2D eigenvalue weighted by atomic mass is 9.83. The summed E-state index contributed by atoms with van der Waals surface area (Å²) in [6.07, 6.45) is 7.29. The smallest absolute Gasteiger partial charge is 0.178 e. The van der Waals surface area contributed by atoms with Gasteiger partial charge < -0.3 is 4.74 Å². The van der Waals surface area contributed by atoms with Crippen molar-refractivity contribution in [1.82, 2.24) is 0 Å². The number of carbonyl (C=O) groups excluding carboxylic acids is 1. The molecule has 0 fully saturated rings. The molecule has 0 aromatic rings. The summed E-state index contributed by atoms with van der Waals surface area (Å²) in [5.41, 5.74) is 0.943. The van der Waals surface area contributed by atoms with Crippen LogP contribution in [0, 0.1) is 5.41 Å². The van der Waals surface area contributed by atoms with Crippen molar-refractivity contribution in [2.24, 2.45) is 5.41 Å². The van der Waals surface area contributed by atoms with Crippen molar-refractivity contribution < 1.29 is 9.53 Å². The van der Waals surface area contributed by atoms with Gasteiger partial charge in [-0.2, -0.15) is 0 Å². The Morgan fingerprint density at radius 2 is 1.67 bits per heavy atom. The van der Waals surface area contributed by atoms with Gasteiger partial charge in [-0.05, 0) is 58.1 Å². The lowest BCUT2D eigenvalue weighted by molar-refractivity contribution is -0.110. The second kappa shape index (κ2) is 6.89. The predicted molar refractivity (Wildman–Crippen MR) is 77.7 cm³/mol. The average molecular weight is 252 g/mol. The summed E-state index contributed by atoms with van der Waals surface area (Å²) >= 11 is 0. The largest absolute Gasteiger partial charge is 0.379 e. The van der Waals surface area contributed by atoms with Gasteiger partial charge in [0.15, 0.2) is 5.78 Å². The fourth-order valence-corrected chi connectivity index (χ4v) is 1.45. The molecule has 0 aliphatic carbocycles. The van der Waals surface area contributed by atoms with Gasteiger partial charge in [0, 0.05) is 7.11 Å². The molecule has 104 valence electrons. The van der Waals surface area contributed by atoms with Crippen molar-refractivity contribution in [2.45, 2.75) is 60.0 Å². The Hall–Kier alpha value is -0.890. The van der Waals surface area contributed by atoms with E-state index in [1.54, 1.807) is 19.3 Å². The Kier molecular flexibility index (Phi) is 6.55.